The molecule has 0 spiro atoms. The molecule has 2 unspecified atom stereocenters. The van der Waals surface area contributed by atoms with E-state index >= 15 is 0 Å². The van der Waals surface area contributed by atoms with Crippen LogP contribution in [0.25, 0.3) is 0 Å². The lowest BCUT2D eigenvalue weighted by Gasteiger charge is -2.21. The third-order valence-electron chi connectivity index (χ3n) is 15.8. The van der Waals surface area contributed by atoms with Crippen LogP contribution in [0.15, 0.2) is 0 Å². The van der Waals surface area contributed by atoms with Gasteiger partial charge in [-0.05, 0) is 31.6 Å². The lowest BCUT2D eigenvalue weighted by Crippen LogP contribution is -2.30. The Morgan fingerprint density at radius 3 is 0.782 bits per heavy atom. The number of rotatable bonds is 68. The average Bonchev–Trinajstić information content (AvgIpc) is 3.70. The molecule has 19 heteroatoms. The number of esters is 4. The van der Waals surface area contributed by atoms with Gasteiger partial charge in [-0.2, -0.15) is 0 Å². The molecule has 0 aromatic carbocycles. The van der Waals surface area contributed by atoms with E-state index in [0.29, 0.717) is 31.6 Å². The highest BCUT2D eigenvalue weighted by molar-refractivity contribution is 7.47. The zero-order valence-corrected chi connectivity index (χ0v) is 57.9. The number of ether oxygens (including phenoxy) is 4. The molecule has 17 nitrogen and oxygen atoms in total. The van der Waals surface area contributed by atoms with Crippen molar-refractivity contribution in [1.29, 1.82) is 0 Å². The number of carbonyl (C=O) groups is 4. The minimum Gasteiger partial charge on any atom is -0.462 e. The predicted molar refractivity (Wildman–Crippen MR) is 349 cm³/mol. The number of aliphatic hydroxyl groups excluding tert-OH is 1. The number of phosphoric acid groups is 2. The summed E-state index contributed by atoms with van der Waals surface area (Å²) in [6.07, 6.45) is 47.8. The lowest BCUT2D eigenvalue weighted by atomic mass is 10.0. The summed E-state index contributed by atoms with van der Waals surface area (Å²) in [7, 11) is -9.88. The van der Waals surface area contributed by atoms with E-state index in [2.05, 4.69) is 34.6 Å². The first kappa shape index (κ1) is 85.1. The van der Waals surface area contributed by atoms with Gasteiger partial charge >= 0.3 is 39.5 Å². The van der Waals surface area contributed by atoms with E-state index in [0.717, 1.165) is 116 Å². The number of unbranched alkanes of at least 4 members (excludes halogenated alkanes) is 40. The SMILES string of the molecule is CCCCCCCCCCCCCCCCCCCCCCCCC(=O)O[C@H](COC(=O)CCCCCCCCCC(C)C)COP(=O)(O)OC[C@@H](O)COP(=O)(O)OC[C@@H](COC(=O)CCCCCCCCC)OC(=O)CCCCCCCCCC. The first-order valence-corrected chi connectivity index (χ1v) is 38.6. The Morgan fingerprint density at radius 2 is 0.529 bits per heavy atom. The minimum absolute atomic E-state index is 0.105. The van der Waals surface area contributed by atoms with Crippen LogP contribution < -0.4 is 0 Å². The van der Waals surface area contributed by atoms with Gasteiger partial charge < -0.3 is 33.8 Å². The van der Waals surface area contributed by atoms with E-state index in [1.54, 1.807) is 0 Å². The van der Waals surface area contributed by atoms with Crippen molar-refractivity contribution in [2.75, 3.05) is 39.6 Å². The highest BCUT2D eigenvalue weighted by Gasteiger charge is 2.30. The number of hydrogen-bond acceptors (Lipinski definition) is 15. The topological polar surface area (TPSA) is 237 Å². The molecule has 0 heterocycles. The Bertz CT molecular complexity index is 1690. The zero-order chi connectivity index (χ0) is 64.2. The molecule has 0 radical (unpaired) electrons. The van der Waals surface area contributed by atoms with Gasteiger partial charge in [0.15, 0.2) is 12.2 Å². The summed E-state index contributed by atoms with van der Waals surface area (Å²) >= 11 is 0. The molecule has 0 aliphatic carbocycles. The van der Waals surface area contributed by atoms with Crippen LogP contribution >= 0.6 is 15.6 Å². The van der Waals surface area contributed by atoms with Crippen LogP contribution in [0.1, 0.15) is 349 Å². The first-order chi connectivity index (χ1) is 42.0. The molecule has 5 atom stereocenters. The van der Waals surface area contributed by atoms with Gasteiger partial charge in [-0.15, -0.1) is 0 Å². The Balaban J connectivity index is 5.07. The molecule has 0 aromatic rings. The largest absolute Gasteiger partial charge is 0.472 e. The van der Waals surface area contributed by atoms with Crippen LogP contribution in [0.3, 0.4) is 0 Å². The van der Waals surface area contributed by atoms with Gasteiger partial charge in [0.05, 0.1) is 26.4 Å². The molecule has 0 aliphatic rings. The van der Waals surface area contributed by atoms with E-state index < -0.39 is 97.5 Å². The Labute approximate surface area is 530 Å². The van der Waals surface area contributed by atoms with Crippen molar-refractivity contribution in [3.63, 3.8) is 0 Å². The molecule has 0 amide bonds. The summed E-state index contributed by atoms with van der Waals surface area (Å²) in [6, 6.07) is 0. The molecule has 0 saturated carbocycles. The van der Waals surface area contributed by atoms with Crippen molar-refractivity contribution in [2.45, 2.75) is 368 Å². The molecular formula is C68H132O17P2. The van der Waals surface area contributed by atoms with Crippen LogP contribution in [0.4, 0.5) is 0 Å². The minimum atomic E-state index is -4.95. The third kappa shape index (κ3) is 62.6. The Kier molecular flexibility index (Phi) is 60.2. The molecular weight excluding hydrogens is 1150 g/mol. The highest BCUT2D eigenvalue weighted by Crippen LogP contribution is 2.45. The fourth-order valence-corrected chi connectivity index (χ4v) is 11.9. The molecule has 3 N–H and O–H groups in total. The molecule has 0 saturated heterocycles. The second-order valence-corrected chi connectivity index (χ2v) is 27.9. The normalized spacial score (nSPS) is 14.1. The molecule has 0 aliphatic heterocycles. The van der Waals surface area contributed by atoms with Crippen LogP contribution in [0.5, 0.6) is 0 Å². The number of phosphoric ester groups is 2. The first-order valence-electron chi connectivity index (χ1n) is 35.6. The molecule has 0 fully saturated rings. The smallest absolute Gasteiger partial charge is 0.462 e. The van der Waals surface area contributed by atoms with E-state index in [-0.39, 0.29) is 25.7 Å². The zero-order valence-electron chi connectivity index (χ0n) is 56.2. The van der Waals surface area contributed by atoms with Crippen LogP contribution in [-0.4, -0.2) is 96.7 Å². The Morgan fingerprint density at radius 1 is 0.310 bits per heavy atom. The van der Waals surface area contributed by atoms with Crippen LogP contribution in [0.2, 0.25) is 0 Å². The van der Waals surface area contributed by atoms with Crippen molar-refractivity contribution in [2.24, 2.45) is 5.92 Å². The quantitative estimate of drug-likeness (QED) is 0.0222. The van der Waals surface area contributed by atoms with Gasteiger partial charge in [0.25, 0.3) is 0 Å². The molecule has 0 aromatic heterocycles. The second kappa shape index (κ2) is 61.6. The van der Waals surface area contributed by atoms with Gasteiger partial charge in [0, 0.05) is 25.7 Å². The molecule has 0 rings (SSSR count). The van der Waals surface area contributed by atoms with Crippen molar-refractivity contribution >= 4 is 39.5 Å². The van der Waals surface area contributed by atoms with E-state index in [9.17, 15) is 43.2 Å². The standard InChI is InChI=1S/C68H132O17P2/c1-6-9-12-15-18-20-21-22-23-24-25-26-27-28-29-30-31-32-33-38-44-49-54-68(73)85-64(58-79-66(71)52-47-42-39-34-36-40-45-50-61(4)5)60-83-87(76,77)81-56-62(69)55-80-86(74,75)82-59-63(57-78-65(70)51-46-41-35-17-14-11-8-3)84-67(72)53-48-43-37-19-16-13-10-7-2/h61-64,69H,6-60H2,1-5H3,(H,74,75)(H,76,77)/t62-,63+,64+/m0/s1. The summed E-state index contributed by atoms with van der Waals surface area (Å²) in [6.45, 7) is 7.09. The maximum absolute atomic E-state index is 13.0. The molecule has 87 heavy (non-hydrogen) atoms. The van der Waals surface area contributed by atoms with Gasteiger partial charge in [-0.3, -0.25) is 37.3 Å². The van der Waals surface area contributed by atoms with Crippen LogP contribution in [-0.2, 0) is 65.4 Å². The van der Waals surface area contributed by atoms with E-state index in [4.69, 9.17) is 37.0 Å². The van der Waals surface area contributed by atoms with Gasteiger partial charge in [0.1, 0.15) is 19.3 Å². The average molecular weight is 1280 g/mol. The maximum Gasteiger partial charge on any atom is 0.472 e. The second-order valence-electron chi connectivity index (χ2n) is 25.0. The fourth-order valence-electron chi connectivity index (χ4n) is 10.3. The number of hydrogen-bond donors (Lipinski definition) is 3. The summed E-state index contributed by atoms with van der Waals surface area (Å²) in [4.78, 5) is 72.1. The Hall–Kier alpha value is -1.94. The van der Waals surface area contributed by atoms with Gasteiger partial charge in [-0.1, -0.05) is 298 Å². The lowest BCUT2D eigenvalue weighted by molar-refractivity contribution is -0.161. The third-order valence-corrected chi connectivity index (χ3v) is 17.7. The van der Waals surface area contributed by atoms with Crippen molar-refractivity contribution < 1.29 is 80.2 Å². The summed E-state index contributed by atoms with van der Waals surface area (Å²) in [5.74, 6) is -1.43. The number of carbonyl (C=O) groups excluding carboxylic acids is 4. The highest BCUT2D eigenvalue weighted by atomic mass is 31.2. The molecule has 0 bridgehead atoms. The summed E-state index contributed by atoms with van der Waals surface area (Å²) in [5, 5.41) is 10.5. The monoisotopic (exact) mass is 1280 g/mol. The van der Waals surface area contributed by atoms with E-state index in [1.165, 1.54) is 148 Å². The van der Waals surface area contributed by atoms with Crippen molar-refractivity contribution in [1.82, 2.24) is 0 Å². The van der Waals surface area contributed by atoms with Crippen molar-refractivity contribution in [3.05, 3.63) is 0 Å². The number of aliphatic hydroxyl groups is 1. The predicted octanol–water partition coefficient (Wildman–Crippen LogP) is 19.4. The fraction of sp³-hybridized carbons (Fsp3) is 0.941. The molecule has 516 valence electrons. The van der Waals surface area contributed by atoms with Crippen LogP contribution in [0, 0.1) is 5.92 Å². The van der Waals surface area contributed by atoms with E-state index in [1.807, 2.05) is 0 Å². The van der Waals surface area contributed by atoms with Crippen molar-refractivity contribution in [3.8, 4) is 0 Å². The summed E-state index contributed by atoms with van der Waals surface area (Å²) in [5.41, 5.74) is 0. The maximum atomic E-state index is 13.0. The van der Waals surface area contributed by atoms with Gasteiger partial charge in [-0.25, -0.2) is 9.13 Å². The summed E-state index contributed by atoms with van der Waals surface area (Å²) < 4.78 is 67.9. The van der Waals surface area contributed by atoms with Gasteiger partial charge in [0.2, 0.25) is 0 Å².